The van der Waals surface area contributed by atoms with Gasteiger partial charge in [0.1, 0.15) is 31.1 Å². The minimum atomic E-state index is -0.884. The molecule has 2 aromatic carbocycles. The summed E-state index contributed by atoms with van der Waals surface area (Å²) in [5, 5.41) is 2.84. The van der Waals surface area contributed by atoms with Crippen LogP contribution in [0.5, 0.6) is 0 Å². The van der Waals surface area contributed by atoms with Crippen LogP contribution in [0, 0.1) is 0 Å². The zero-order valence-corrected chi connectivity index (χ0v) is 21.4. The first kappa shape index (κ1) is 27.4. The molecular formula is C28H33N3O6. The lowest BCUT2D eigenvalue weighted by atomic mass is 10.0. The maximum Gasteiger partial charge on any atom is 0.410 e. The van der Waals surface area contributed by atoms with E-state index in [1.807, 2.05) is 36.4 Å². The maximum atomic E-state index is 13.1. The second kappa shape index (κ2) is 12.2. The normalized spacial score (nSPS) is 16.5. The quantitative estimate of drug-likeness (QED) is 0.420. The van der Waals surface area contributed by atoms with E-state index in [9.17, 15) is 19.2 Å². The number of benzene rings is 2. The Morgan fingerprint density at radius 2 is 1.89 bits per heavy atom. The van der Waals surface area contributed by atoms with Crippen molar-refractivity contribution in [2.24, 2.45) is 0 Å². The Morgan fingerprint density at radius 1 is 1.16 bits per heavy atom. The highest BCUT2D eigenvalue weighted by Gasteiger charge is 2.37. The van der Waals surface area contributed by atoms with E-state index in [1.54, 1.807) is 45.0 Å². The number of alkyl carbamates (subject to hydrolysis) is 1. The lowest BCUT2D eigenvalue weighted by Crippen LogP contribution is -2.59. The molecule has 1 saturated heterocycles. The fourth-order valence-electron chi connectivity index (χ4n) is 3.94. The molecule has 1 unspecified atom stereocenters. The number of nitrogens with zero attached hydrogens (tertiary/aromatic N) is 2. The number of hydrogen-bond acceptors (Lipinski definition) is 6. The Bertz CT molecular complexity index is 1130. The summed E-state index contributed by atoms with van der Waals surface area (Å²) in [5.74, 6) is -0.415. The lowest BCUT2D eigenvalue weighted by molar-refractivity contribution is -0.124. The highest BCUT2D eigenvalue weighted by Crippen LogP contribution is 2.27. The monoisotopic (exact) mass is 507 g/mol. The van der Waals surface area contributed by atoms with Gasteiger partial charge in [-0.15, -0.1) is 6.58 Å². The molecule has 0 radical (unpaired) electrons. The molecular weight excluding hydrogens is 474 g/mol. The van der Waals surface area contributed by atoms with Crippen molar-refractivity contribution in [2.45, 2.75) is 51.5 Å². The predicted octanol–water partition coefficient (Wildman–Crippen LogP) is 4.38. The van der Waals surface area contributed by atoms with Crippen LogP contribution in [-0.4, -0.2) is 54.0 Å². The van der Waals surface area contributed by atoms with E-state index in [2.05, 4.69) is 11.9 Å². The maximum absolute atomic E-state index is 13.1. The van der Waals surface area contributed by atoms with Crippen molar-refractivity contribution in [1.29, 1.82) is 0 Å². The summed E-state index contributed by atoms with van der Waals surface area (Å²) in [6.07, 6.45) is 1.50. The molecule has 0 aromatic heterocycles. The van der Waals surface area contributed by atoms with Crippen molar-refractivity contribution in [3.05, 3.63) is 78.4 Å². The summed E-state index contributed by atoms with van der Waals surface area (Å²) < 4.78 is 10.7. The number of rotatable bonds is 8. The molecule has 3 rings (SSSR count). The highest BCUT2D eigenvalue weighted by atomic mass is 16.6. The first-order chi connectivity index (χ1) is 17.6. The molecule has 0 bridgehead atoms. The van der Waals surface area contributed by atoms with Gasteiger partial charge in [0.25, 0.3) is 0 Å². The van der Waals surface area contributed by atoms with Gasteiger partial charge in [-0.25, -0.2) is 9.59 Å². The number of hydrogen-bond donors (Lipinski definition) is 1. The molecule has 1 aliphatic heterocycles. The molecule has 2 atom stereocenters. The van der Waals surface area contributed by atoms with E-state index in [4.69, 9.17) is 9.47 Å². The van der Waals surface area contributed by atoms with Crippen LogP contribution in [0.4, 0.5) is 15.3 Å². The van der Waals surface area contributed by atoms with Gasteiger partial charge in [0, 0.05) is 5.69 Å². The average Bonchev–Trinajstić information content (AvgIpc) is 2.86. The average molecular weight is 508 g/mol. The van der Waals surface area contributed by atoms with Gasteiger partial charge >= 0.3 is 12.2 Å². The molecule has 0 spiro atoms. The molecule has 37 heavy (non-hydrogen) atoms. The third kappa shape index (κ3) is 7.67. The first-order valence-corrected chi connectivity index (χ1v) is 12.0. The zero-order chi connectivity index (χ0) is 27.0. The summed E-state index contributed by atoms with van der Waals surface area (Å²) in [6, 6.07) is 15.0. The number of ether oxygens (including phenoxy) is 2. The van der Waals surface area contributed by atoms with Gasteiger partial charge < -0.3 is 19.6 Å². The second-order valence-corrected chi connectivity index (χ2v) is 9.71. The first-order valence-electron chi connectivity index (χ1n) is 12.0. The van der Waals surface area contributed by atoms with Gasteiger partial charge in [-0.05, 0) is 50.5 Å². The van der Waals surface area contributed by atoms with Crippen molar-refractivity contribution in [1.82, 2.24) is 10.2 Å². The number of carbonyl (C=O) groups is 4. The molecule has 3 amide bonds. The van der Waals surface area contributed by atoms with Crippen molar-refractivity contribution >= 4 is 30.1 Å². The van der Waals surface area contributed by atoms with E-state index in [0.717, 1.165) is 5.56 Å². The molecule has 1 fully saturated rings. The van der Waals surface area contributed by atoms with Crippen molar-refractivity contribution in [2.75, 3.05) is 18.0 Å². The Labute approximate surface area is 217 Å². The molecule has 1 heterocycles. The Balaban J connectivity index is 1.74. The topological polar surface area (TPSA) is 105 Å². The van der Waals surface area contributed by atoms with Crippen LogP contribution in [0.25, 0.3) is 0 Å². The number of anilines is 1. The van der Waals surface area contributed by atoms with Gasteiger partial charge in [0.2, 0.25) is 5.91 Å². The molecule has 0 saturated carbocycles. The van der Waals surface area contributed by atoms with E-state index < -0.39 is 35.8 Å². The highest BCUT2D eigenvalue weighted by molar-refractivity contribution is 6.01. The molecule has 196 valence electrons. The molecule has 9 nitrogen and oxygen atoms in total. The predicted molar refractivity (Wildman–Crippen MR) is 139 cm³/mol. The van der Waals surface area contributed by atoms with Crippen molar-refractivity contribution in [3.63, 3.8) is 0 Å². The minimum Gasteiger partial charge on any atom is -0.445 e. The van der Waals surface area contributed by atoms with Gasteiger partial charge in [0.15, 0.2) is 0 Å². The number of nitrogens with one attached hydrogen (secondary N) is 1. The van der Waals surface area contributed by atoms with E-state index in [-0.39, 0.29) is 19.7 Å². The van der Waals surface area contributed by atoms with Gasteiger partial charge in [-0.3, -0.25) is 14.6 Å². The molecule has 1 aliphatic rings. The van der Waals surface area contributed by atoms with Crippen LogP contribution >= 0.6 is 0 Å². The smallest absolute Gasteiger partial charge is 0.410 e. The zero-order valence-electron chi connectivity index (χ0n) is 21.4. The SMILES string of the molecule is C=CC[C@H](NC(=O)OCc1ccccc1)c1cccc(N2C(=O)CN(C(=O)OC(C)(C)C)CC2C=O)c1. The van der Waals surface area contributed by atoms with Crippen LogP contribution in [0.15, 0.2) is 67.3 Å². The fourth-order valence-corrected chi connectivity index (χ4v) is 3.94. The van der Waals surface area contributed by atoms with Crippen LogP contribution in [-0.2, 0) is 25.7 Å². The third-order valence-electron chi connectivity index (χ3n) is 5.60. The van der Waals surface area contributed by atoms with E-state index in [0.29, 0.717) is 24.0 Å². The Morgan fingerprint density at radius 3 is 2.54 bits per heavy atom. The molecule has 1 N–H and O–H groups in total. The van der Waals surface area contributed by atoms with Crippen molar-refractivity contribution in [3.8, 4) is 0 Å². The van der Waals surface area contributed by atoms with Crippen molar-refractivity contribution < 1.29 is 28.7 Å². The third-order valence-corrected chi connectivity index (χ3v) is 5.60. The standard InChI is InChI=1S/C28H33N3O6/c1-5-10-24(29-26(34)36-19-20-11-7-6-8-12-20)21-13-9-14-22(15-21)31-23(18-32)16-30(17-25(31)33)27(35)37-28(2,3)4/h5-9,11-15,18,23-24H,1,10,16-17,19H2,2-4H3,(H,29,34)/t23?,24-/m0/s1. The van der Waals surface area contributed by atoms with Crippen LogP contribution in [0.3, 0.4) is 0 Å². The summed E-state index contributed by atoms with van der Waals surface area (Å²) in [7, 11) is 0. The summed E-state index contributed by atoms with van der Waals surface area (Å²) >= 11 is 0. The van der Waals surface area contributed by atoms with E-state index >= 15 is 0 Å². The molecule has 2 aromatic rings. The summed E-state index contributed by atoms with van der Waals surface area (Å²) in [5.41, 5.74) is 1.33. The van der Waals surface area contributed by atoms with Crippen LogP contribution in [0.1, 0.15) is 44.4 Å². The Hall–Kier alpha value is -4.14. The van der Waals surface area contributed by atoms with E-state index in [1.165, 1.54) is 9.80 Å². The number of carbonyl (C=O) groups excluding carboxylic acids is 4. The summed E-state index contributed by atoms with van der Waals surface area (Å²) in [4.78, 5) is 52.6. The Kier molecular flexibility index (Phi) is 9.05. The number of aldehydes is 1. The lowest BCUT2D eigenvalue weighted by Gasteiger charge is -2.39. The van der Waals surface area contributed by atoms with Crippen LogP contribution < -0.4 is 10.2 Å². The minimum absolute atomic E-state index is 0.00846. The van der Waals surface area contributed by atoms with Crippen LogP contribution in [0.2, 0.25) is 0 Å². The molecule has 0 aliphatic carbocycles. The van der Waals surface area contributed by atoms with Gasteiger partial charge in [0.05, 0.1) is 12.6 Å². The number of piperazine rings is 1. The largest absolute Gasteiger partial charge is 0.445 e. The van der Waals surface area contributed by atoms with Gasteiger partial charge in [-0.2, -0.15) is 0 Å². The summed E-state index contributed by atoms with van der Waals surface area (Å²) in [6.45, 7) is 8.89. The number of amides is 3. The van der Waals surface area contributed by atoms with Gasteiger partial charge in [-0.1, -0.05) is 48.5 Å². The second-order valence-electron chi connectivity index (χ2n) is 9.71. The molecule has 9 heteroatoms. The fraction of sp³-hybridized carbons (Fsp3) is 0.357.